The minimum Gasteiger partial charge on any atom is -0.457 e. The van der Waals surface area contributed by atoms with Crippen LogP contribution >= 0.6 is 15.9 Å². The van der Waals surface area contributed by atoms with Crippen molar-refractivity contribution < 1.29 is 9.13 Å². The first-order chi connectivity index (χ1) is 8.58. The van der Waals surface area contributed by atoms with Crippen LogP contribution in [-0.2, 0) is 6.54 Å². The van der Waals surface area contributed by atoms with Crippen molar-refractivity contribution in [2.75, 3.05) is 0 Å². The minimum atomic E-state index is -0.346. The average Bonchev–Trinajstić information content (AvgIpc) is 2.27. The number of hydrogen-bond acceptors (Lipinski definition) is 2. The first-order valence-corrected chi connectivity index (χ1v) is 6.31. The van der Waals surface area contributed by atoms with Gasteiger partial charge in [0.05, 0.1) is 0 Å². The van der Waals surface area contributed by atoms with E-state index in [1.165, 1.54) is 12.1 Å². The van der Waals surface area contributed by atoms with Gasteiger partial charge in [-0.2, -0.15) is 0 Å². The molecule has 0 heterocycles. The molecular weight excluding hydrogens is 297 g/mol. The fourth-order valence-corrected chi connectivity index (χ4v) is 2.08. The Morgan fingerprint density at radius 3 is 2.67 bits per heavy atom. The van der Waals surface area contributed by atoms with Crippen LogP contribution in [0.2, 0.25) is 0 Å². The molecule has 18 heavy (non-hydrogen) atoms. The molecule has 0 saturated carbocycles. The van der Waals surface area contributed by atoms with Gasteiger partial charge in [-0.25, -0.2) is 4.39 Å². The Bertz CT molecular complexity index is 551. The monoisotopic (exact) mass is 309 g/mol. The molecule has 2 aromatic rings. The lowest BCUT2D eigenvalue weighted by Crippen LogP contribution is -1.99. The third-order valence-electron chi connectivity index (χ3n) is 2.51. The summed E-state index contributed by atoms with van der Waals surface area (Å²) >= 11 is 3.23. The first-order valence-electron chi connectivity index (χ1n) is 5.52. The van der Waals surface area contributed by atoms with Crippen molar-refractivity contribution in [2.24, 2.45) is 5.73 Å². The summed E-state index contributed by atoms with van der Waals surface area (Å²) in [6, 6.07) is 10.2. The lowest BCUT2D eigenvalue weighted by Gasteiger charge is -2.11. The normalized spacial score (nSPS) is 10.4. The van der Waals surface area contributed by atoms with Crippen LogP contribution in [0.5, 0.6) is 11.5 Å². The van der Waals surface area contributed by atoms with Crippen molar-refractivity contribution >= 4 is 15.9 Å². The van der Waals surface area contributed by atoms with Crippen LogP contribution < -0.4 is 10.5 Å². The zero-order valence-electron chi connectivity index (χ0n) is 9.91. The number of halogens is 2. The highest BCUT2D eigenvalue weighted by Gasteiger charge is 2.06. The molecule has 0 atom stereocenters. The topological polar surface area (TPSA) is 35.2 Å². The maximum atomic E-state index is 13.3. The van der Waals surface area contributed by atoms with Gasteiger partial charge in [0.25, 0.3) is 0 Å². The Balaban J connectivity index is 2.35. The molecule has 0 amide bonds. The quantitative estimate of drug-likeness (QED) is 0.924. The minimum absolute atomic E-state index is 0.346. The van der Waals surface area contributed by atoms with E-state index in [1.807, 2.05) is 25.1 Å². The Morgan fingerprint density at radius 1 is 1.22 bits per heavy atom. The smallest absolute Gasteiger partial charge is 0.132 e. The highest BCUT2D eigenvalue weighted by molar-refractivity contribution is 9.10. The standard InChI is InChI=1S/C14H13BrFNO/c1-9-2-3-10(8-17)14(4-9)18-13-6-11(15)5-12(16)7-13/h2-7H,8,17H2,1H3. The van der Waals surface area contributed by atoms with Crippen LogP contribution in [0.1, 0.15) is 11.1 Å². The van der Waals surface area contributed by atoms with Crippen LogP contribution in [0, 0.1) is 12.7 Å². The fourth-order valence-electron chi connectivity index (χ4n) is 1.64. The van der Waals surface area contributed by atoms with E-state index < -0.39 is 0 Å². The van der Waals surface area contributed by atoms with Crippen molar-refractivity contribution in [1.82, 2.24) is 0 Å². The van der Waals surface area contributed by atoms with E-state index in [1.54, 1.807) is 6.07 Å². The third-order valence-corrected chi connectivity index (χ3v) is 2.96. The van der Waals surface area contributed by atoms with Gasteiger partial charge in [0, 0.05) is 22.6 Å². The lowest BCUT2D eigenvalue weighted by atomic mass is 10.1. The van der Waals surface area contributed by atoms with E-state index in [-0.39, 0.29) is 5.82 Å². The van der Waals surface area contributed by atoms with Gasteiger partial charge in [-0.05, 0) is 30.7 Å². The zero-order valence-corrected chi connectivity index (χ0v) is 11.5. The second kappa shape index (κ2) is 5.50. The van der Waals surface area contributed by atoms with Crippen LogP contribution in [0.25, 0.3) is 0 Å². The molecule has 0 bridgehead atoms. The predicted octanol–water partition coefficient (Wildman–Crippen LogP) is 4.15. The summed E-state index contributed by atoms with van der Waals surface area (Å²) in [7, 11) is 0. The van der Waals surface area contributed by atoms with Gasteiger partial charge in [-0.3, -0.25) is 0 Å². The summed E-state index contributed by atoms with van der Waals surface area (Å²) in [6.07, 6.45) is 0. The molecule has 4 heteroatoms. The van der Waals surface area contributed by atoms with Gasteiger partial charge in [0.2, 0.25) is 0 Å². The number of aryl methyl sites for hydroxylation is 1. The lowest BCUT2D eigenvalue weighted by molar-refractivity contribution is 0.470. The van der Waals surface area contributed by atoms with Crippen LogP contribution in [0.4, 0.5) is 4.39 Å². The molecule has 0 aliphatic heterocycles. The second-order valence-corrected chi connectivity index (χ2v) is 4.94. The summed E-state index contributed by atoms with van der Waals surface area (Å²) in [5.41, 5.74) is 7.61. The zero-order chi connectivity index (χ0) is 13.1. The average molecular weight is 310 g/mol. The molecule has 0 spiro atoms. The maximum Gasteiger partial charge on any atom is 0.132 e. The van der Waals surface area contributed by atoms with Crippen LogP contribution in [-0.4, -0.2) is 0 Å². The molecule has 2 N–H and O–H groups in total. The van der Waals surface area contributed by atoms with Gasteiger partial charge in [0.15, 0.2) is 0 Å². The summed E-state index contributed by atoms with van der Waals surface area (Å²) in [4.78, 5) is 0. The van der Waals surface area contributed by atoms with Crippen molar-refractivity contribution in [2.45, 2.75) is 13.5 Å². The van der Waals surface area contributed by atoms with Gasteiger partial charge in [-0.1, -0.05) is 28.1 Å². The highest BCUT2D eigenvalue weighted by atomic mass is 79.9. The van der Waals surface area contributed by atoms with Crippen molar-refractivity contribution in [1.29, 1.82) is 0 Å². The van der Waals surface area contributed by atoms with Crippen LogP contribution in [0.3, 0.4) is 0 Å². The Morgan fingerprint density at radius 2 is 2.00 bits per heavy atom. The van der Waals surface area contributed by atoms with E-state index in [2.05, 4.69) is 15.9 Å². The fraction of sp³-hybridized carbons (Fsp3) is 0.143. The molecule has 2 nitrogen and oxygen atoms in total. The molecule has 2 aromatic carbocycles. The Hall–Kier alpha value is -1.39. The number of hydrogen-bond donors (Lipinski definition) is 1. The SMILES string of the molecule is Cc1ccc(CN)c(Oc2cc(F)cc(Br)c2)c1. The molecule has 0 aliphatic rings. The summed E-state index contributed by atoms with van der Waals surface area (Å²) in [5.74, 6) is 0.763. The maximum absolute atomic E-state index is 13.3. The molecule has 0 radical (unpaired) electrons. The molecule has 0 aliphatic carbocycles. The highest BCUT2D eigenvalue weighted by Crippen LogP contribution is 2.29. The summed E-state index contributed by atoms with van der Waals surface area (Å²) < 4.78 is 19.6. The van der Waals surface area contributed by atoms with Crippen molar-refractivity contribution in [3.63, 3.8) is 0 Å². The van der Waals surface area contributed by atoms with Crippen molar-refractivity contribution in [3.05, 3.63) is 57.8 Å². The van der Waals surface area contributed by atoms with E-state index in [4.69, 9.17) is 10.5 Å². The number of ether oxygens (including phenoxy) is 1. The number of rotatable bonds is 3. The van der Waals surface area contributed by atoms with E-state index in [0.717, 1.165) is 11.1 Å². The van der Waals surface area contributed by atoms with E-state index in [9.17, 15) is 4.39 Å². The molecule has 0 aromatic heterocycles. The van der Waals surface area contributed by atoms with E-state index in [0.29, 0.717) is 22.5 Å². The Labute approximate surface area is 114 Å². The number of nitrogens with two attached hydrogens (primary N) is 1. The van der Waals surface area contributed by atoms with Gasteiger partial charge < -0.3 is 10.5 Å². The molecule has 2 rings (SSSR count). The molecular formula is C14H13BrFNO. The largest absolute Gasteiger partial charge is 0.457 e. The van der Waals surface area contributed by atoms with Gasteiger partial charge in [-0.15, -0.1) is 0 Å². The third kappa shape index (κ3) is 3.09. The van der Waals surface area contributed by atoms with Gasteiger partial charge >= 0.3 is 0 Å². The van der Waals surface area contributed by atoms with Crippen LogP contribution in [0.15, 0.2) is 40.9 Å². The second-order valence-electron chi connectivity index (χ2n) is 4.02. The molecule has 0 saturated heterocycles. The summed E-state index contributed by atoms with van der Waals surface area (Å²) in [6.45, 7) is 2.35. The van der Waals surface area contributed by atoms with E-state index >= 15 is 0 Å². The predicted molar refractivity (Wildman–Crippen MR) is 73.2 cm³/mol. The molecule has 0 unspecified atom stereocenters. The van der Waals surface area contributed by atoms with Crippen molar-refractivity contribution in [3.8, 4) is 11.5 Å². The summed E-state index contributed by atoms with van der Waals surface area (Å²) in [5, 5.41) is 0. The Kier molecular flexibility index (Phi) is 3.99. The molecule has 94 valence electrons. The number of benzene rings is 2. The first kappa shape index (κ1) is 13.1. The molecule has 0 fully saturated rings. The van der Waals surface area contributed by atoms with Gasteiger partial charge in [0.1, 0.15) is 17.3 Å².